The van der Waals surface area contributed by atoms with E-state index < -0.39 is 0 Å². The number of hydrogen-bond donors (Lipinski definition) is 3. The zero-order valence-electron chi connectivity index (χ0n) is 14.7. The van der Waals surface area contributed by atoms with Gasteiger partial charge in [-0.25, -0.2) is 0 Å². The molecule has 0 radical (unpaired) electrons. The zero-order valence-corrected chi connectivity index (χ0v) is 16.2. The molecule has 2 aromatic carbocycles. The van der Waals surface area contributed by atoms with E-state index in [2.05, 4.69) is 10.6 Å². The molecule has 26 heavy (non-hydrogen) atoms. The Morgan fingerprint density at radius 1 is 1.00 bits per heavy atom. The fraction of sp³-hybridized carbons (Fsp3) is 0.368. The standard InChI is InChI=1S/C19H24Cl2N2O3/c1-25-18-11-14(12-23-7-6-22-8-9-24)10-17(21)19(18)26-13-15-4-2-3-5-16(15)20/h2-5,10-11,22-24H,6-9,12-13H2,1H3. The second kappa shape index (κ2) is 11.3. The van der Waals surface area contributed by atoms with E-state index >= 15 is 0 Å². The van der Waals surface area contributed by atoms with E-state index in [9.17, 15) is 0 Å². The average Bonchev–Trinajstić information content (AvgIpc) is 2.64. The Labute approximate surface area is 164 Å². The highest BCUT2D eigenvalue weighted by Gasteiger charge is 2.13. The molecular weight excluding hydrogens is 375 g/mol. The molecule has 142 valence electrons. The molecule has 0 fully saturated rings. The SMILES string of the molecule is COc1cc(CNCCNCCO)cc(Cl)c1OCc1ccccc1Cl. The summed E-state index contributed by atoms with van der Waals surface area (Å²) in [5, 5.41) is 16.3. The van der Waals surface area contributed by atoms with E-state index in [1.807, 2.05) is 36.4 Å². The predicted octanol–water partition coefficient (Wildman–Crippen LogP) is 3.25. The van der Waals surface area contributed by atoms with Gasteiger partial charge < -0.3 is 25.2 Å². The summed E-state index contributed by atoms with van der Waals surface area (Å²) < 4.78 is 11.3. The quantitative estimate of drug-likeness (QED) is 0.507. The molecule has 0 atom stereocenters. The van der Waals surface area contributed by atoms with Gasteiger partial charge in [0.05, 0.1) is 18.7 Å². The first-order chi connectivity index (χ1) is 12.7. The van der Waals surface area contributed by atoms with Crippen LogP contribution in [0.4, 0.5) is 0 Å². The first-order valence-corrected chi connectivity index (χ1v) is 9.16. The number of hydrogen-bond acceptors (Lipinski definition) is 5. The van der Waals surface area contributed by atoms with Crippen LogP contribution in [0.1, 0.15) is 11.1 Å². The van der Waals surface area contributed by atoms with E-state index in [4.69, 9.17) is 37.8 Å². The Hall–Kier alpha value is -1.50. The molecule has 2 rings (SSSR count). The summed E-state index contributed by atoms with van der Waals surface area (Å²) in [4.78, 5) is 0. The summed E-state index contributed by atoms with van der Waals surface area (Å²) in [7, 11) is 1.59. The van der Waals surface area contributed by atoms with Gasteiger partial charge in [0.15, 0.2) is 11.5 Å². The van der Waals surface area contributed by atoms with Gasteiger partial charge in [-0.3, -0.25) is 0 Å². The van der Waals surface area contributed by atoms with Crippen molar-refractivity contribution in [3.8, 4) is 11.5 Å². The van der Waals surface area contributed by atoms with Crippen molar-refractivity contribution in [2.45, 2.75) is 13.2 Å². The van der Waals surface area contributed by atoms with E-state index in [0.717, 1.165) is 24.2 Å². The fourth-order valence-corrected chi connectivity index (χ4v) is 2.87. The van der Waals surface area contributed by atoms with Crippen LogP contribution in [0.25, 0.3) is 0 Å². The third kappa shape index (κ3) is 6.34. The Balaban J connectivity index is 1.96. The Kier molecular flexibility index (Phi) is 9.01. The molecule has 2 aromatic rings. The van der Waals surface area contributed by atoms with Crippen molar-refractivity contribution in [1.82, 2.24) is 10.6 Å². The minimum absolute atomic E-state index is 0.141. The Morgan fingerprint density at radius 2 is 1.77 bits per heavy atom. The van der Waals surface area contributed by atoms with Gasteiger partial charge in [-0.2, -0.15) is 0 Å². The van der Waals surface area contributed by atoms with Crippen molar-refractivity contribution in [2.24, 2.45) is 0 Å². The predicted molar refractivity (Wildman–Crippen MR) is 105 cm³/mol. The number of rotatable bonds is 11. The largest absolute Gasteiger partial charge is 0.493 e. The van der Waals surface area contributed by atoms with Crippen LogP contribution in [0, 0.1) is 0 Å². The third-order valence-corrected chi connectivity index (χ3v) is 4.36. The van der Waals surface area contributed by atoms with E-state index in [0.29, 0.717) is 41.2 Å². The van der Waals surface area contributed by atoms with Gasteiger partial charge in [-0.1, -0.05) is 41.4 Å². The van der Waals surface area contributed by atoms with Crippen molar-refractivity contribution in [1.29, 1.82) is 0 Å². The molecule has 5 nitrogen and oxygen atoms in total. The van der Waals surface area contributed by atoms with Gasteiger partial charge in [0.1, 0.15) is 6.61 Å². The summed E-state index contributed by atoms with van der Waals surface area (Å²) in [6.45, 7) is 3.27. The summed E-state index contributed by atoms with van der Waals surface area (Å²) in [6, 6.07) is 11.3. The summed E-state index contributed by atoms with van der Waals surface area (Å²) in [5.41, 5.74) is 1.88. The zero-order chi connectivity index (χ0) is 18.8. The van der Waals surface area contributed by atoms with Gasteiger partial charge in [0, 0.05) is 36.8 Å². The van der Waals surface area contributed by atoms with Crippen LogP contribution in [-0.2, 0) is 13.2 Å². The van der Waals surface area contributed by atoms with Gasteiger partial charge in [-0.05, 0) is 23.8 Å². The molecular formula is C19H24Cl2N2O3. The summed E-state index contributed by atoms with van der Waals surface area (Å²) in [5.74, 6) is 1.09. The van der Waals surface area contributed by atoms with E-state index in [1.54, 1.807) is 7.11 Å². The number of methoxy groups -OCH3 is 1. The first-order valence-electron chi connectivity index (χ1n) is 8.40. The highest BCUT2D eigenvalue weighted by atomic mass is 35.5. The lowest BCUT2D eigenvalue weighted by Gasteiger charge is -2.15. The number of halogens is 2. The van der Waals surface area contributed by atoms with Crippen LogP contribution in [0.3, 0.4) is 0 Å². The number of nitrogens with one attached hydrogen (secondary N) is 2. The van der Waals surface area contributed by atoms with Crippen molar-refractivity contribution >= 4 is 23.2 Å². The lowest BCUT2D eigenvalue weighted by atomic mass is 10.2. The molecule has 0 saturated carbocycles. The smallest absolute Gasteiger partial charge is 0.180 e. The summed E-state index contributed by atoms with van der Waals surface area (Å²) in [6.07, 6.45) is 0. The second-order valence-corrected chi connectivity index (χ2v) is 6.45. The summed E-state index contributed by atoms with van der Waals surface area (Å²) >= 11 is 12.6. The number of aliphatic hydroxyl groups is 1. The molecule has 0 spiro atoms. The Bertz CT molecular complexity index is 698. The Morgan fingerprint density at radius 3 is 2.50 bits per heavy atom. The van der Waals surface area contributed by atoms with Gasteiger partial charge in [-0.15, -0.1) is 0 Å². The molecule has 0 aliphatic carbocycles. The minimum Gasteiger partial charge on any atom is -0.493 e. The molecule has 7 heteroatoms. The van der Waals surface area contributed by atoms with Gasteiger partial charge in [0.25, 0.3) is 0 Å². The molecule has 0 heterocycles. The highest BCUT2D eigenvalue weighted by Crippen LogP contribution is 2.37. The lowest BCUT2D eigenvalue weighted by molar-refractivity contribution is 0.284. The van der Waals surface area contributed by atoms with Crippen molar-refractivity contribution in [3.63, 3.8) is 0 Å². The van der Waals surface area contributed by atoms with Crippen molar-refractivity contribution in [3.05, 3.63) is 57.6 Å². The van der Waals surface area contributed by atoms with Gasteiger partial charge in [0.2, 0.25) is 0 Å². The topological polar surface area (TPSA) is 62.8 Å². The molecule has 3 N–H and O–H groups in total. The van der Waals surface area contributed by atoms with Crippen LogP contribution in [0.15, 0.2) is 36.4 Å². The maximum absolute atomic E-state index is 8.72. The molecule has 0 aromatic heterocycles. The first kappa shape index (κ1) is 20.8. The second-order valence-electron chi connectivity index (χ2n) is 5.64. The van der Waals surface area contributed by atoms with Crippen LogP contribution in [0.2, 0.25) is 10.0 Å². The number of ether oxygens (including phenoxy) is 2. The molecule has 0 saturated heterocycles. The fourth-order valence-electron chi connectivity index (χ4n) is 2.39. The van der Waals surface area contributed by atoms with Crippen LogP contribution >= 0.6 is 23.2 Å². The molecule has 0 amide bonds. The highest BCUT2D eigenvalue weighted by molar-refractivity contribution is 6.32. The van der Waals surface area contributed by atoms with Crippen LogP contribution in [-0.4, -0.2) is 38.5 Å². The molecule has 0 bridgehead atoms. The van der Waals surface area contributed by atoms with E-state index in [1.165, 1.54) is 0 Å². The maximum Gasteiger partial charge on any atom is 0.180 e. The third-order valence-electron chi connectivity index (χ3n) is 3.72. The lowest BCUT2D eigenvalue weighted by Crippen LogP contribution is -2.28. The number of benzene rings is 2. The molecule has 0 aliphatic rings. The van der Waals surface area contributed by atoms with Crippen molar-refractivity contribution in [2.75, 3.05) is 33.4 Å². The van der Waals surface area contributed by atoms with Crippen molar-refractivity contribution < 1.29 is 14.6 Å². The average molecular weight is 399 g/mol. The normalized spacial score (nSPS) is 10.8. The minimum atomic E-state index is 0.141. The maximum atomic E-state index is 8.72. The molecule has 0 aliphatic heterocycles. The number of aliphatic hydroxyl groups excluding tert-OH is 1. The molecule has 0 unspecified atom stereocenters. The van der Waals surface area contributed by atoms with E-state index in [-0.39, 0.29) is 6.61 Å². The van der Waals surface area contributed by atoms with Crippen LogP contribution in [0.5, 0.6) is 11.5 Å². The van der Waals surface area contributed by atoms with Gasteiger partial charge >= 0.3 is 0 Å². The van der Waals surface area contributed by atoms with Crippen LogP contribution < -0.4 is 20.1 Å². The monoisotopic (exact) mass is 398 g/mol.